The number of benzene rings is 2. The SMILES string of the molecule is CC(NC(=O)NCCc1ccccc1)Oc1ccc(Cl)cc1. The van der Waals surface area contributed by atoms with Crippen LogP contribution in [0.1, 0.15) is 12.5 Å². The first-order valence-electron chi connectivity index (χ1n) is 7.14. The Morgan fingerprint density at radius 2 is 1.82 bits per heavy atom. The minimum atomic E-state index is -0.432. The Hall–Kier alpha value is -2.20. The molecule has 0 aliphatic carbocycles. The normalized spacial score (nSPS) is 11.5. The number of ether oxygens (including phenoxy) is 1. The Morgan fingerprint density at radius 3 is 2.50 bits per heavy atom. The van der Waals surface area contributed by atoms with Gasteiger partial charge in [0.15, 0.2) is 6.23 Å². The van der Waals surface area contributed by atoms with Crippen molar-refractivity contribution in [2.45, 2.75) is 19.6 Å². The third-order valence-corrected chi connectivity index (χ3v) is 3.25. The van der Waals surface area contributed by atoms with E-state index >= 15 is 0 Å². The van der Waals surface area contributed by atoms with E-state index in [4.69, 9.17) is 16.3 Å². The maximum Gasteiger partial charge on any atom is 0.317 e. The summed E-state index contributed by atoms with van der Waals surface area (Å²) in [4.78, 5) is 11.8. The van der Waals surface area contributed by atoms with Crippen molar-refractivity contribution < 1.29 is 9.53 Å². The van der Waals surface area contributed by atoms with Gasteiger partial charge in [-0.25, -0.2) is 4.79 Å². The van der Waals surface area contributed by atoms with E-state index < -0.39 is 6.23 Å². The molecule has 5 heteroatoms. The molecule has 2 aromatic rings. The van der Waals surface area contributed by atoms with Crippen LogP contribution in [0.25, 0.3) is 0 Å². The lowest BCUT2D eigenvalue weighted by atomic mass is 10.1. The van der Waals surface area contributed by atoms with Gasteiger partial charge in [-0.1, -0.05) is 41.9 Å². The predicted molar refractivity (Wildman–Crippen MR) is 88.2 cm³/mol. The highest BCUT2D eigenvalue weighted by atomic mass is 35.5. The van der Waals surface area contributed by atoms with Gasteiger partial charge in [-0.2, -0.15) is 0 Å². The van der Waals surface area contributed by atoms with Gasteiger partial charge in [0.2, 0.25) is 0 Å². The van der Waals surface area contributed by atoms with Crippen molar-refractivity contribution in [1.82, 2.24) is 10.6 Å². The van der Waals surface area contributed by atoms with Crippen LogP contribution in [0, 0.1) is 0 Å². The molecule has 0 aromatic heterocycles. The quantitative estimate of drug-likeness (QED) is 0.799. The monoisotopic (exact) mass is 318 g/mol. The van der Waals surface area contributed by atoms with Crippen molar-refractivity contribution in [2.24, 2.45) is 0 Å². The maximum atomic E-state index is 11.8. The van der Waals surface area contributed by atoms with Gasteiger partial charge < -0.3 is 15.4 Å². The van der Waals surface area contributed by atoms with Gasteiger partial charge in [0.25, 0.3) is 0 Å². The van der Waals surface area contributed by atoms with Gasteiger partial charge in [0.05, 0.1) is 0 Å². The lowest BCUT2D eigenvalue weighted by Crippen LogP contribution is -2.43. The standard InChI is InChI=1S/C17H19ClN2O2/c1-13(22-16-9-7-15(18)8-10-16)20-17(21)19-12-11-14-5-3-2-4-6-14/h2-10,13H,11-12H2,1H3,(H2,19,20,21). The summed E-state index contributed by atoms with van der Waals surface area (Å²) in [6, 6.07) is 16.7. The second-order valence-electron chi connectivity index (χ2n) is 4.85. The number of hydrogen-bond donors (Lipinski definition) is 2. The highest BCUT2D eigenvalue weighted by Crippen LogP contribution is 2.16. The van der Waals surface area contributed by atoms with Gasteiger partial charge in [-0.05, 0) is 43.2 Å². The molecule has 4 nitrogen and oxygen atoms in total. The largest absolute Gasteiger partial charge is 0.471 e. The average molecular weight is 319 g/mol. The number of hydrogen-bond acceptors (Lipinski definition) is 2. The van der Waals surface area contributed by atoms with Crippen LogP contribution in [0.3, 0.4) is 0 Å². The fourth-order valence-corrected chi connectivity index (χ4v) is 2.07. The topological polar surface area (TPSA) is 50.4 Å². The van der Waals surface area contributed by atoms with Crippen molar-refractivity contribution in [3.63, 3.8) is 0 Å². The first kappa shape index (κ1) is 16.2. The van der Waals surface area contributed by atoms with Crippen molar-refractivity contribution in [3.8, 4) is 5.75 Å². The predicted octanol–water partition coefficient (Wildman–Crippen LogP) is 3.61. The Labute approximate surface area is 135 Å². The summed E-state index contributed by atoms with van der Waals surface area (Å²) in [5.41, 5.74) is 1.19. The van der Waals surface area contributed by atoms with E-state index in [0.29, 0.717) is 17.3 Å². The number of amides is 2. The van der Waals surface area contributed by atoms with Crippen LogP contribution in [0.4, 0.5) is 4.79 Å². The lowest BCUT2D eigenvalue weighted by molar-refractivity contribution is 0.177. The van der Waals surface area contributed by atoms with Gasteiger partial charge in [-0.15, -0.1) is 0 Å². The summed E-state index contributed by atoms with van der Waals surface area (Å²) >= 11 is 5.80. The third kappa shape index (κ3) is 5.66. The van der Waals surface area contributed by atoms with E-state index in [1.807, 2.05) is 30.3 Å². The molecule has 1 unspecified atom stereocenters. The molecule has 1 atom stereocenters. The number of urea groups is 1. The van der Waals surface area contributed by atoms with E-state index in [2.05, 4.69) is 10.6 Å². The number of carbonyl (C=O) groups excluding carboxylic acids is 1. The minimum Gasteiger partial charge on any atom is -0.471 e. The summed E-state index contributed by atoms with van der Waals surface area (Å²) in [5.74, 6) is 0.654. The molecule has 0 spiro atoms. The highest BCUT2D eigenvalue weighted by Gasteiger charge is 2.07. The number of nitrogens with one attached hydrogen (secondary N) is 2. The number of carbonyl (C=O) groups is 1. The van der Waals surface area contributed by atoms with Crippen LogP contribution in [0.2, 0.25) is 5.02 Å². The highest BCUT2D eigenvalue weighted by molar-refractivity contribution is 6.30. The van der Waals surface area contributed by atoms with Crippen LogP contribution < -0.4 is 15.4 Å². The summed E-state index contributed by atoms with van der Waals surface area (Å²) < 4.78 is 5.57. The average Bonchev–Trinajstić information content (AvgIpc) is 2.50. The van der Waals surface area contributed by atoms with Crippen LogP contribution in [-0.2, 0) is 6.42 Å². The Bertz CT molecular complexity index is 587. The molecular formula is C17H19ClN2O2. The van der Waals surface area contributed by atoms with Crippen LogP contribution >= 0.6 is 11.6 Å². The van der Waals surface area contributed by atoms with E-state index in [1.165, 1.54) is 5.56 Å². The minimum absolute atomic E-state index is 0.252. The van der Waals surface area contributed by atoms with Crippen molar-refractivity contribution in [2.75, 3.05) is 6.54 Å². The first-order valence-corrected chi connectivity index (χ1v) is 7.52. The van der Waals surface area contributed by atoms with Gasteiger partial charge in [0, 0.05) is 11.6 Å². The Kier molecular flexibility index (Phi) is 6.10. The lowest BCUT2D eigenvalue weighted by Gasteiger charge is -2.16. The van der Waals surface area contributed by atoms with E-state index in [9.17, 15) is 4.79 Å². The molecule has 116 valence electrons. The fraction of sp³-hybridized carbons (Fsp3) is 0.235. The molecule has 2 N–H and O–H groups in total. The molecule has 0 fully saturated rings. The van der Waals surface area contributed by atoms with Gasteiger partial charge in [0.1, 0.15) is 5.75 Å². The molecule has 0 bridgehead atoms. The zero-order chi connectivity index (χ0) is 15.8. The molecule has 0 radical (unpaired) electrons. The number of rotatable bonds is 6. The molecule has 0 saturated heterocycles. The summed E-state index contributed by atoms with van der Waals surface area (Å²) in [6.45, 7) is 2.34. The molecule has 2 amide bonds. The van der Waals surface area contributed by atoms with Crippen molar-refractivity contribution in [1.29, 1.82) is 0 Å². The van der Waals surface area contributed by atoms with Gasteiger partial charge in [-0.3, -0.25) is 0 Å². The fourth-order valence-electron chi connectivity index (χ4n) is 1.95. The summed E-state index contributed by atoms with van der Waals surface area (Å²) in [7, 11) is 0. The zero-order valence-electron chi connectivity index (χ0n) is 12.4. The Balaban J connectivity index is 1.68. The van der Waals surface area contributed by atoms with E-state index in [1.54, 1.807) is 31.2 Å². The molecule has 0 aliphatic heterocycles. The molecule has 22 heavy (non-hydrogen) atoms. The summed E-state index contributed by atoms with van der Waals surface area (Å²) in [5, 5.41) is 6.17. The molecule has 2 rings (SSSR count). The van der Waals surface area contributed by atoms with E-state index in [0.717, 1.165) is 6.42 Å². The molecule has 0 heterocycles. The van der Waals surface area contributed by atoms with Gasteiger partial charge >= 0.3 is 6.03 Å². The molecule has 0 aliphatic rings. The molecular weight excluding hydrogens is 300 g/mol. The molecule has 0 saturated carbocycles. The first-order chi connectivity index (χ1) is 10.6. The second-order valence-corrected chi connectivity index (χ2v) is 5.29. The molecule has 2 aromatic carbocycles. The van der Waals surface area contributed by atoms with Crippen molar-refractivity contribution in [3.05, 3.63) is 65.2 Å². The summed E-state index contributed by atoms with van der Waals surface area (Å²) in [6.07, 6.45) is 0.360. The van der Waals surface area contributed by atoms with Crippen LogP contribution in [0.15, 0.2) is 54.6 Å². The second kappa shape index (κ2) is 8.29. The van der Waals surface area contributed by atoms with Crippen LogP contribution in [-0.4, -0.2) is 18.8 Å². The van der Waals surface area contributed by atoms with Crippen LogP contribution in [0.5, 0.6) is 5.75 Å². The number of halogens is 1. The zero-order valence-corrected chi connectivity index (χ0v) is 13.1. The maximum absolute atomic E-state index is 11.8. The van der Waals surface area contributed by atoms with Crippen molar-refractivity contribution >= 4 is 17.6 Å². The Morgan fingerprint density at radius 1 is 1.14 bits per heavy atom. The third-order valence-electron chi connectivity index (χ3n) is 3.00. The smallest absolute Gasteiger partial charge is 0.317 e. The van der Waals surface area contributed by atoms with E-state index in [-0.39, 0.29) is 6.03 Å².